The summed E-state index contributed by atoms with van der Waals surface area (Å²) in [5.74, 6) is 1.23. The van der Waals surface area contributed by atoms with Gasteiger partial charge in [-0.05, 0) is 49.3 Å². The Kier molecular flexibility index (Phi) is 4.19. The van der Waals surface area contributed by atoms with Crippen LogP contribution in [0.4, 0.5) is 0 Å². The summed E-state index contributed by atoms with van der Waals surface area (Å²) in [6.45, 7) is 1.92. The van der Waals surface area contributed by atoms with Crippen LogP contribution in [0.3, 0.4) is 0 Å². The molecule has 0 amide bonds. The topological polar surface area (TPSA) is 37.3 Å². The van der Waals surface area contributed by atoms with E-state index in [4.69, 9.17) is 0 Å². The predicted octanol–water partition coefficient (Wildman–Crippen LogP) is 3.56. The summed E-state index contributed by atoms with van der Waals surface area (Å²) >= 11 is 0. The number of Topliss-reactive ketones (excluding diaryl/α,β-unsaturated/α-hetero) is 1. The van der Waals surface area contributed by atoms with Crippen molar-refractivity contribution in [1.29, 1.82) is 0 Å². The molecule has 1 atom stereocenters. The zero-order chi connectivity index (χ0) is 13.0. The predicted molar refractivity (Wildman–Crippen MR) is 72.7 cm³/mol. The normalized spacial score (nSPS) is 19.8. The second-order valence-corrected chi connectivity index (χ2v) is 5.13. The SMILES string of the molecule is Cc1cc(CC/C=C/[C@H]2CCC(=O)C2)ccc1O. The molecular weight excluding hydrogens is 224 g/mol. The fourth-order valence-electron chi connectivity index (χ4n) is 2.42. The molecule has 1 aromatic rings. The number of phenols is 1. The van der Waals surface area contributed by atoms with Crippen LogP contribution < -0.4 is 0 Å². The van der Waals surface area contributed by atoms with Gasteiger partial charge in [0.2, 0.25) is 0 Å². The van der Waals surface area contributed by atoms with Crippen LogP contribution in [0.25, 0.3) is 0 Å². The summed E-state index contributed by atoms with van der Waals surface area (Å²) in [4.78, 5) is 11.1. The van der Waals surface area contributed by atoms with E-state index in [1.165, 1.54) is 5.56 Å². The van der Waals surface area contributed by atoms with Crippen molar-refractivity contribution in [3.05, 3.63) is 41.5 Å². The third-order valence-electron chi connectivity index (χ3n) is 3.55. The van der Waals surface area contributed by atoms with E-state index >= 15 is 0 Å². The molecule has 2 heteroatoms. The van der Waals surface area contributed by atoms with E-state index in [9.17, 15) is 9.90 Å². The highest BCUT2D eigenvalue weighted by Gasteiger charge is 2.18. The molecule has 96 valence electrons. The number of benzene rings is 1. The second kappa shape index (κ2) is 5.85. The average Bonchev–Trinajstić information content (AvgIpc) is 2.75. The van der Waals surface area contributed by atoms with Gasteiger partial charge in [0.05, 0.1) is 0 Å². The van der Waals surface area contributed by atoms with Gasteiger partial charge in [0.15, 0.2) is 0 Å². The van der Waals surface area contributed by atoms with Crippen molar-refractivity contribution in [2.75, 3.05) is 0 Å². The monoisotopic (exact) mass is 244 g/mol. The Morgan fingerprint density at radius 1 is 1.44 bits per heavy atom. The molecule has 0 radical (unpaired) electrons. The molecule has 0 spiro atoms. The van der Waals surface area contributed by atoms with Gasteiger partial charge in [-0.2, -0.15) is 0 Å². The number of hydrogen-bond donors (Lipinski definition) is 1. The van der Waals surface area contributed by atoms with Crippen LogP contribution in [-0.2, 0) is 11.2 Å². The number of aryl methyl sites for hydroxylation is 2. The smallest absolute Gasteiger partial charge is 0.133 e. The van der Waals surface area contributed by atoms with Crippen LogP contribution in [-0.4, -0.2) is 10.9 Å². The fraction of sp³-hybridized carbons (Fsp3) is 0.438. The molecular formula is C16H20O2. The van der Waals surface area contributed by atoms with Gasteiger partial charge in [0, 0.05) is 12.8 Å². The Hall–Kier alpha value is -1.57. The molecule has 0 aromatic heterocycles. The third-order valence-corrected chi connectivity index (χ3v) is 3.55. The number of carbonyl (C=O) groups excluding carboxylic acids is 1. The molecule has 18 heavy (non-hydrogen) atoms. The van der Waals surface area contributed by atoms with E-state index in [1.54, 1.807) is 6.07 Å². The highest BCUT2D eigenvalue weighted by molar-refractivity contribution is 5.80. The lowest BCUT2D eigenvalue weighted by Crippen LogP contribution is -1.90. The van der Waals surface area contributed by atoms with E-state index < -0.39 is 0 Å². The molecule has 0 saturated heterocycles. The molecule has 2 rings (SSSR count). The van der Waals surface area contributed by atoms with Crippen molar-refractivity contribution in [1.82, 2.24) is 0 Å². The number of allylic oxidation sites excluding steroid dienone is 2. The molecule has 0 unspecified atom stereocenters. The Bertz CT molecular complexity index is 460. The maximum absolute atomic E-state index is 11.1. The molecule has 2 nitrogen and oxygen atoms in total. The minimum absolute atomic E-state index is 0.360. The molecule has 0 bridgehead atoms. The first kappa shape index (κ1) is 12.9. The van der Waals surface area contributed by atoms with Gasteiger partial charge in [-0.15, -0.1) is 0 Å². The summed E-state index contributed by atoms with van der Waals surface area (Å²) in [5.41, 5.74) is 2.18. The summed E-state index contributed by atoms with van der Waals surface area (Å²) in [5, 5.41) is 9.44. The summed E-state index contributed by atoms with van der Waals surface area (Å²) in [6, 6.07) is 5.75. The van der Waals surface area contributed by atoms with Crippen molar-refractivity contribution < 1.29 is 9.90 Å². The van der Waals surface area contributed by atoms with E-state index in [-0.39, 0.29) is 0 Å². The van der Waals surface area contributed by atoms with Gasteiger partial charge in [0.1, 0.15) is 11.5 Å². The van der Waals surface area contributed by atoms with Crippen molar-refractivity contribution in [3.8, 4) is 5.75 Å². The first-order chi connectivity index (χ1) is 8.65. The molecule has 1 aromatic carbocycles. The lowest BCUT2D eigenvalue weighted by Gasteiger charge is -2.03. The number of carbonyl (C=O) groups is 1. The zero-order valence-corrected chi connectivity index (χ0v) is 10.9. The van der Waals surface area contributed by atoms with E-state index in [0.29, 0.717) is 17.5 Å². The van der Waals surface area contributed by atoms with Crippen LogP contribution in [0, 0.1) is 12.8 Å². The van der Waals surface area contributed by atoms with Gasteiger partial charge in [-0.1, -0.05) is 24.3 Å². The van der Waals surface area contributed by atoms with Crippen molar-refractivity contribution in [2.24, 2.45) is 5.92 Å². The molecule has 1 N–H and O–H groups in total. The maximum Gasteiger partial charge on any atom is 0.133 e. The Labute approximate surface area is 108 Å². The Morgan fingerprint density at radius 3 is 2.94 bits per heavy atom. The lowest BCUT2D eigenvalue weighted by atomic mass is 10.0. The minimum Gasteiger partial charge on any atom is -0.508 e. The molecule has 1 aliphatic rings. The fourth-order valence-corrected chi connectivity index (χ4v) is 2.42. The first-order valence-electron chi connectivity index (χ1n) is 6.62. The highest BCUT2D eigenvalue weighted by atomic mass is 16.3. The maximum atomic E-state index is 11.1. The van der Waals surface area contributed by atoms with Crippen LogP contribution in [0.1, 0.15) is 36.8 Å². The highest BCUT2D eigenvalue weighted by Crippen LogP contribution is 2.23. The van der Waals surface area contributed by atoms with Crippen LogP contribution in [0.15, 0.2) is 30.4 Å². The molecule has 0 aliphatic heterocycles. The molecule has 1 aliphatic carbocycles. The zero-order valence-electron chi connectivity index (χ0n) is 10.9. The van der Waals surface area contributed by atoms with Crippen molar-refractivity contribution in [2.45, 2.75) is 39.0 Å². The second-order valence-electron chi connectivity index (χ2n) is 5.13. The quantitative estimate of drug-likeness (QED) is 0.822. The van der Waals surface area contributed by atoms with Gasteiger partial charge in [-0.25, -0.2) is 0 Å². The molecule has 0 heterocycles. The molecule has 1 saturated carbocycles. The van der Waals surface area contributed by atoms with Crippen LogP contribution >= 0.6 is 0 Å². The largest absolute Gasteiger partial charge is 0.508 e. The summed E-state index contributed by atoms with van der Waals surface area (Å²) < 4.78 is 0. The number of phenolic OH excluding ortho intramolecular Hbond substituents is 1. The van der Waals surface area contributed by atoms with E-state index in [2.05, 4.69) is 12.2 Å². The lowest BCUT2D eigenvalue weighted by molar-refractivity contribution is -0.117. The number of hydrogen-bond acceptors (Lipinski definition) is 2. The minimum atomic E-state index is 0.360. The van der Waals surface area contributed by atoms with Crippen molar-refractivity contribution in [3.63, 3.8) is 0 Å². The summed E-state index contributed by atoms with van der Waals surface area (Å²) in [6.07, 6.45) is 8.87. The van der Waals surface area contributed by atoms with Gasteiger partial charge >= 0.3 is 0 Å². The first-order valence-corrected chi connectivity index (χ1v) is 6.62. The van der Waals surface area contributed by atoms with Gasteiger partial charge in [0.25, 0.3) is 0 Å². The average molecular weight is 244 g/mol. The Morgan fingerprint density at radius 2 is 2.28 bits per heavy atom. The van der Waals surface area contributed by atoms with E-state index in [1.807, 2.05) is 19.1 Å². The standard InChI is InChI=1S/C16H20O2/c1-12-10-13(7-9-16(12)18)4-2-3-5-14-6-8-15(17)11-14/h3,5,7,9-10,14,18H,2,4,6,8,11H2,1H3/b5-3+/t14-/m0/s1. The van der Waals surface area contributed by atoms with Crippen molar-refractivity contribution >= 4 is 5.78 Å². The van der Waals surface area contributed by atoms with Gasteiger partial charge < -0.3 is 5.11 Å². The van der Waals surface area contributed by atoms with Gasteiger partial charge in [-0.3, -0.25) is 4.79 Å². The Balaban J connectivity index is 1.79. The van der Waals surface area contributed by atoms with E-state index in [0.717, 1.165) is 37.7 Å². The van der Waals surface area contributed by atoms with Crippen LogP contribution in [0.2, 0.25) is 0 Å². The van der Waals surface area contributed by atoms with Crippen LogP contribution in [0.5, 0.6) is 5.75 Å². The number of ketones is 1. The third kappa shape index (κ3) is 3.46. The molecule has 1 fully saturated rings. The number of rotatable bonds is 4. The summed E-state index contributed by atoms with van der Waals surface area (Å²) in [7, 11) is 0. The number of aromatic hydroxyl groups is 1.